The fourth-order valence-corrected chi connectivity index (χ4v) is 3.53. The zero-order valence-electron chi connectivity index (χ0n) is 11.3. The quantitative estimate of drug-likeness (QED) is 0.926. The van der Waals surface area contributed by atoms with E-state index in [-0.39, 0.29) is 0 Å². The highest BCUT2D eigenvalue weighted by Gasteiger charge is 2.31. The molecule has 1 aromatic carbocycles. The number of anilines is 1. The maximum atomic E-state index is 9.66. The Morgan fingerprint density at radius 1 is 1.21 bits per heavy atom. The average Bonchev–Trinajstić information content (AvgIpc) is 3.22. The van der Waals surface area contributed by atoms with E-state index in [0.717, 1.165) is 29.2 Å². The SMILES string of the molecule is C[C@@H](O)c1ccc(N2CCN(C3CC3)CC2)cc1Br. The van der Waals surface area contributed by atoms with Crippen LogP contribution in [0, 0.1) is 0 Å². The summed E-state index contributed by atoms with van der Waals surface area (Å²) in [5.74, 6) is 0. The minimum atomic E-state index is -0.421. The van der Waals surface area contributed by atoms with Crippen molar-refractivity contribution in [3.8, 4) is 0 Å². The van der Waals surface area contributed by atoms with Crippen LogP contribution in [0.1, 0.15) is 31.4 Å². The lowest BCUT2D eigenvalue weighted by molar-refractivity contribution is 0.198. The molecule has 1 atom stereocenters. The number of hydrogen-bond acceptors (Lipinski definition) is 3. The predicted molar refractivity (Wildman–Crippen MR) is 81.6 cm³/mol. The first-order valence-corrected chi connectivity index (χ1v) is 7.91. The zero-order chi connectivity index (χ0) is 13.4. The van der Waals surface area contributed by atoms with Crippen molar-refractivity contribution in [2.24, 2.45) is 0 Å². The smallest absolute Gasteiger partial charge is 0.0772 e. The van der Waals surface area contributed by atoms with Crippen LogP contribution in [-0.2, 0) is 0 Å². The molecule has 0 amide bonds. The molecule has 3 nitrogen and oxygen atoms in total. The van der Waals surface area contributed by atoms with Gasteiger partial charge in [0.25, 0.3) is 0 Å². The van der Waals surface area contributed by atoms with Crippen molar-refractivity contribution in [1.29, 1.82) is 0 Å². The summed E-state index contributed by atoms with van der Waals surface area (Å²) in [6.07, 6.45) is 2.37. The van der Waals surface area contributed by atoms with Crippen LogP contribution in [0.3, 0.4) is 0 Å². The molecule has 104 valence electrons. The van der Waals surface area contributed by atoms with E-state index in [2.05, 4.69) is 37.9 Å². The largest absolute Gasteiger partial charge is 0.389 e. The molecule has 0 aromatic heterocycles. The fourth-order valence-electron chi connectivity index (χ4n) is 2.84. The molecule has 4 heteroatoms. The van der Waals surface area contributed by atoms with Gasteiger partial charge in [-0.1, -0.05) is 22.0 Å². The molecule has 2 fully saturated rings. The Morgan fingerprint density at radius 3 is 2.42 bits per heavy atom. The first kappa shape index (κ1) is 13.4. The lowest BCUT2D eigenvalue weighted by atomic mass is 10.1. The highest BCUT2D eigenvalue weighted by molar-refractivity contribution is 9.10. The van der Waals surface area contributed by atoms with Gasteiger partial charge >= 0.3 is 0 Å². The number of rotatable bonds is 3. The molecular weight excluding hydrogens is 304 g/mol. The maximum absolute atomic E-state index is 9.66. The van der Waals surface area contributed by atoms with E-state index in [0.29, 0.717) is 0 Å². The van der Waals surface area contributed by atoms with Crippen LogP contribution in [-0.4, -0.2) is 42.2 Å². The topological polar surface area (TPSA) is 26.7 Å². The second kappa shape index (κ2) is 5.43. The van der Waals surface area contributed by atoms with E-state index >= 15 is 0 Å². The summed E-state index contributed by atoms with van der Waals surface area (Å²) in [6.45, 7) is 6.38. The van der Waals surface area contributed by atoms with E-state index in [1.54, 1.807) is 6.92 Å². The summed E-state index contributed by atoms with van der Waals surface area (Å²) >= 11 is 3.56. The van der Waals surface area contributed by atoms with Gasteiger partial charge in [0, 0.05) is 42.4 Å². The van der Waals surface area contributed by atoms with E-state index in [9.17, 15) is 5.11 Å². The third-order valence-electron chi connectivity index (χ3n) is 4.18. The van der Waals surface area contributed by atoms with Gasteiger partial charge < -0.3 is 10.0 Å². The van der Waals surface area contributed by atoms with Crippen LogP contribution in [0.2, 0.25) is 0 Å². The summed E-state index contributed by atoms with van der Waals surface area (Å²) in [6, 6.07) is 7.16. The lowest BCUT2D eigenvalue weighted by Gasteiger charge is -2.36. The Hall–Kier alpha value is -0.580. The number of aliphatic hydroxyl groups is 1. The van der Waals surface area contributed by atoms with E-state index in [1.165, 1.54) is 31.6 Å². The highest BCUT2D eigenvalue weighted by Crippen LogP contribution is 2.31. The molecule has 2 aliphatic rings. The third kappa shape index (κ3) is 2.96. The van der Waals surface area contributed by atoms with Gasteiger partial charge in [-0.25, -0.2) is 0 Å². The molecule has 1 saturated heterocycles. The summed E-state index contributed by atoms with van der Waals surface area (Å²) in [4.78, 5) is 5.06. The molecule has 1 aliphatic heterocycles. The minimum absolute atomic E-state index is 0.421. The molecule has 0 bridgehead atoms. The van der Waals surface area contributed by atoms with Crippen molar-refractivity contribution in [2.75, 3.05) is 31.1 Å². The van der Waals surface area contributed by atoms with E-state index in [4.69, 9.17) is 0 Å². The number of piperazine rings is 1. The molecule has 1 N–H and O–H groups in total. The molecule has 1 saturated carbocycles. The zero-order valence-corrected chi connectivity index (χ0v) is 12.9. The number of nitrogens with zero attached hydrogens (tertiary/aromatic N) is 2. The van der Waals surface area contributed by atoms with Gasteiger partial charge in [-0.15, -0.1) is 0 Å². The first-order valence-electron chi connectivity index (χ1n) is 7.11. The number of aliphatic hydroxyl groups excluding tert-OH is 1. The molecular formula is C15H21BrN2O. The van der Waals surface area contributed by atoms with Crippen molar-refractivity contribution >= 4 is 21.6 Å². The summed E-state index contributed by atoms with van der Waals surface area (Å²) < 4.78 is 1.00. The van der Waals surface area contributed by atoms with Crippen molar-refractivity contribution in [2.45, 2.75) is 31.9 Å². The van der Waals surface area contributed by atoms with Gasteiger partial charge in [0.1, 0.15) is 0 Å². The second-order valence-electron chi connectivity index (χ2n) is 5.64. The molecule has 3 rings (SSSR count). The molecule has 0 radical (unpaired) electrons. The van der Waals surface area contributed by atoms with Crippen LogP contribution < -0.4 is 4.90 Å². The Morgan fingerprint density at radius 2 is 1.89 bits per heavy atom. The number of benzene rings is 1. The predicted octanol–water partition coefficient (Wildman–Crippen LogP) is 2.79. The Labute approximate surface area is 123 Å². The monoisotopic (exact) mass is 324 g/mol. The Bertz CT molecular complexity index is 451. The third-order valence-corrected chi connectivity index (χ3v) is 4.86. The number of hydrogen-bond donors (Lipinski definition) is 1. The summed E-state index contributed by atoms with van der Waals surface area (Å²) in [5, 5.41) is 9.66. The van der Waals surface area contributed by atoms with Gasteiger partial charge in [0.05, 0.1) is 6.10 Å². The molecule has 19 heavy (non-hydrogen) atoms. The lowest BCUT2D eigenvalue weighted by Crippen LogP contribution is -2.47. The molecule has 0 spiro atoms. The second-order valence-corrected chi connectivity index (χ2v) is 6.49. The van der Waals surface area contributed by atoms with Crippen LogP contribution in [0.5, 0.6) is 0 Å². The van der Waals surface area contributed by atoms with Gasteiger partial charge in [-0.05, 0) is 37.5 Å². The summed E-state index contributed by atoms with van der Waals surface area (Å²) in [5.41, 5.74) is 2.21. The normalized spacial score (nSPS) is 22.6. The molecule has 0 unspecified atom stereocenters. The van der Waals surface area contributed by atoms with Crippen molar-refractivity contribution in [3.05, 3.63) is 28.2 Å². The Balaban J connectivity index is 1.67. The van der Waals surface area contributed by atoms with Crippen LogP contribution in [0.15, 0.2) is 22.7 Å². The van der Waals surface area contributed by atoms with Gasteiger partial charge in [-0.2, -0.15) is 0 Å². The van der Waals surface area contributed by atoms with Crippen molar-refractivity contribution in [1.82, 2.24) is 4.90 Å². The number of halogens is 1. The average molecular weight is 325 g/mol. The molecule has 1 aromatic rings. The van der Waals surface area contributed by atoms with Crippen molar-refractivity contribution in [3.63, 3.8) is 0 Å². The molecule has 1 aliphatic carbocycles. The first-order chi connectivity index (χ1) is 9.15. The Kier molecular flexibility index (Phi) is 3.83. The van der Waals surface area contributed by atoms with Gasteiger partial charge in [-0.3, -0.25) is 4.90 Å². The minimum Gasteiger partial charge on any atom is -0.389 e. The van der Waals surface area contributed by atoms with Crippen LogP contribution in [0.4, 0.5) is 5.69 Å². The maximum Gasteiger partial charge on any atom is 0.0772 e. The van der Waals surface area contributed by atoms with E-state index in [1.807, 2.05) is 6.07 Å². The van der Waals surface area contributed by atoms with Gasteiger partial charge in [0.2, 0.25) is 0 Å². The fraction of sp³-hybridized carbons (Fsp3) is 0.600. The van der Waals surface area contributed by atoms with Crippen molar-refractivity contribution < 1.29 is 5.11 Å². The van der Waals surface area contributed by atoms with Crippen LogP contribution in [0.25, 0.3) is 0 Å². The van der Waals surface area contributed by atoms with E-state index < -0.39 is 6.10 Å². The standard InChI is InChI=1S/C15H21BrN2O/c1-11(19)14-5-4-13(10-15(14)16)18-8-6-17(7-9-18)12-2-3-12/h4-5,10-12,19H,2-3,6-9H2,1H3/t11-/m1/s1. The highest BCUT2D eigenvalue weighted by atomic mass is 79.9. The molecule has 1 heterocycles. The summed E-state index contributed by atoms with van der Waals surface area (Å²) in [7, 11) is 0. The van der Waals surface area contributed by atoms with Crippen LogP contribution >= 0.6 is 15.9 Å². The van der Waals surface area contributed by atoms with Gasteiger partial charge in [0.15, 0.2) is 0 Å².